The molecule has 0 bridgehead atoms. The highest BCUT2D eigenvalue weighted by molar-refractivity contribution is 6.37. The number of hydrogen-bond donors (Lipinski definition) is 4. The summed E-state index contributed by atoms with van der Waals surface area (Å²) in [6.45, 7) is 15.6. The van der Waals surface area contributed by atoms with Crippen molar-refractivity contribution in [3.8, 4) is 0 Å². The summed E-state index contributed by atoms with van der Waals surface area (Å²) in [7, 11) is 0. The highest BCUT2D eigenvalue weighted by atomic mass is 16.2. The summed E-state index contributed by atoms with van der Waals surface area (Å²) in [6, 6.07) is -2.72. The number of anilines is 1. The Kier molecular flexibility index (Phi) is 10.5. The Labute approximate surface area is 293 Å². The Morgan fingerprint density at radius 3 is 2.10 bits per heavy atom. The number of carbonyl (C=O) groups excluding carboxylic acids is 6. The molecular weight excluding hydrogens is 642 g/mol. The van der Waals surface area contributed by atoms with Crippen molar-refractivity contribution in [2.24, 2.45) is 40.2 Å². The van der Waals surface area contributed by atoms with Gasteiger partial charge < -0.3 is 36.4 Å². The van der Waals surface area contributed by atoms with Gasteiger partial charge in [-0.25, -0.2) is 14.8 Å². The molecule has 6 amide bonds. The number of ketones is 1. The Balaban J connectivity index is 1.26. The molecule has 6 atom stereocenters. The SMILES string of the molecule is CC(C)[C@H](NC(=O)N[C@H](C(=O)N1C[C@H]2[C@@H]([C@H]1C(=O)NC(CC1CC1)C(=O)C(N)=O)C2(C)C)C(C)(C)C)C(=O)N1CCN(c2ncccn2)CC1. The number of likely N-dealkylation sites (tertiary alicyclic amines) is 1. The smallest absolute Gasteiger partial charge is 0.316 e. The van der Waals surface area contributed by atoms with Gasteiger partial charge in [-0.1, -0.05) is 61.3 Å². The van der Waals surface area contributed by atoms with Crippen LogP contribution in [0.5, 0.6) is 0 Å². The van der Waals surface area contributed by atoms with Crippen LogP contribution in [-0.2, 0) is 24.0 Å². The van der Waals surface area contributed by atoms with Gasteiger partial charge in [-0.2, -0.15) is 0 Å². The van der Waals surface area contributed by atoms with Crippen LogP contribution in [0.25, 0.3) is 0 Å². The van der Waals surface area contributed by atoms with Crippen LogP contribution < -0.4 is 26.6 Å². The standard InChI is InChI=1S/C35H53N9O6/c1-19(2)24(30(48)42-13-15-43(16-14-42)32-37-11-8-12-38-32)40-33(50)41-27(34(3,4)5)31(49)44-18-21-23(35(21,6)7)25(44)29(47)39-22(17-20-9-10-20)26(45)28(36)46/h8,11-12,19-25,27H,9-10,13-18H2,1-7H3,(H2,36,46)(H,39,47)(H2,40,41,50)/t21-,22?,23-,24-,25-,27+/m0/s1. The molecule has 50 heavy (non-hydrogen) atoms. The lowest BCUT2D eigenvalue weighted by Gasteiger charge is -2.39. The van der Waals surface area contributed by atoms with E-state index in [0.717, 1.165) is 12.8 Å². The van der Waals surface area contributed by atoms with Crippen molar-refractivity contribution in [1.29, 1.82) is 0 Å². The second-order valence-electron chi connectivity index (χ2n) is 16.4. The summed E-state index contributed by atoms with van der Waals surface area (Å²) < 4.78 is 0. The van der Waals surface area contributed by atoms with Crippen molar-refractivity contribution in [3.63, 3.8) is 0 Å². The zero-order valence-corrected chi connectivity index (χ0v) is 30.3. The van der Waals surface area contributed by atoms with Gasteiger partial charge in [-0.05, 0) is 47.0 Å². The molecule has 3 heterocycles. The Morgan fingerprint density at radius 2 is 1.56 bits per heavy atom. The first-order valence-electron chi connectivity index (χ1n) is 17.7. The summed E-state index contributed by atoms with van der Waals surface area (Å²) >= 11 is 0. The lowest BCUT2D eigenvalue weighted by molar-refractivity contribution is -0.145. The van der Waals surface area contributed by atoms with Crippen molar-refractivity contribution in [2.75, 3.05) is 37.6 Å². The van der Waals surface area contributed by atoms with E-state index in [2.05, 4.69) is 25.9 Å². The lowest BCUT2D eigenvalue weighted by Crippen LogP contribution is -2.63. The molecule has 1 aromatic rings. The minimum Gasteiger partial charge on any atom is -0.363 e. The zero-order chi connectivity index (χ0) is 36.7. The molecule has 0 radical (unpaired) electrons. The van der Waals surface area contributed by atoms with Crippen LogP contribution in [0.15, 0.2) is 18.5 Å². The maximum absolute atomic E-state index is 14.4. The molecule has 5 rings (SSSR count). The molecule has 5 N–H and O–H groups in total. The number of fused-ring (bicyclic) bond motifs is 1. The van der Waals surface area contributed by atoms with Crippen LogP contribution in [0, 0.1) is 34.5 Å². The number of nitrogens with two attached hydrogens (primary N) is 1. The fourth-order valence-corrected chi connectivity index (χ4v) is 7.58. The van der Waals surface area contributed by atoms with Gasteiger partial charge in [0.2, 0.25) is 29.5 Å². The fraction of sp³-hybridized carbons (Fsp3) is 0.714. The number of urea groups is 1. The molecule has 2 saturated carbocycles. The molecule has 15 heteroatoms. The molecule has 2 aliphatic carbocycles. The van der Waals surface area contributed by atoms with E-state index in [1.807, 2.05) is 53.4 Å². The molecule has 15 nitrogen and oxygen atoms in total. The first-order valence-corrected chi connectivity index (χ1v) is 17.7. The lowest BCUT2D eigenvalue weighted by atomic mass is 9.85. The molecule has 0 spiro atoms. The Hall–Kier alpha value is -4.30. The van der Waals surface area contributed by atoms with E-state index in [4.69, 9.17) is 5.73 Å². The van der Waals surface area contributed by atoms with Crippen LogP contribution in [-0.4, -0.2) is 112 Å². The highest BCUT2D eigenvalue weighted by Crippen LogP contribution is 2.65. The minimum atomic E-state index is -1.11. The van der Waals surface area contributed by atoms with Gasteiger partial charge in [0.05, 0.1) is 6.04 Å². The quantitative estimate of drug-likeness (QED) is 0.227. The number of carbonyl (C=O) groups is 6. The number of amides is 6. The molecule has 2 aliphatic heterocycles. The predicted molar refractivity (Wildman–Crippen MR) is 184 cm³/mol. The van der Waals surface area contributed by atoms with Crippen LogP contribution >= 0.6 is 0 Å². The third kappa shape index (κ3) is 7.86. The van der Waals surface area contributed by atoms with Crippen LogP contribution in [0.2, 0.25) is 0 Å². The number of rotatable bonds is 12. The van der Waals surface area contributed by atoms with Gasteiger partial charge in [0.25, 0.3) is 5.91 Å². The third-order valence-electron chi connectivity index (χ3n) is 10.9. The first kappa shape index (κ1) is 37.0. The van der Waals surface area contributed by atoms with E-state index >= 15 is 0 Å². The van der Waals surface area contributed by atoms with Crippen LogP contribution in [0.4, 0.5) is 10.7 Å². The van der Waals surface area contributed by atoms with Crippen molar-refractivity contribution in [2.45, 2.75) is 91.9 Å². The Bertz CT molecular complexity index is 1480. The number of aromatic nitrogens is 2. The maximum Gasteiger partial charge on any atom is 0.316 e. The first-order chi connectivity index (χ1) is 23.4. The van der Waals surface area contributed by atoms with E-state index in [1.165, 1.54) is 4.90 Å². The topological polar surface area (TPSA) is 200 Å². The summed E-state index contributed by atoms with van der Waals surface area (Å²) in [5.74, 6) is -2.59. The molecule has 2 saturated heterocycles. The van der Waals surface area contributed by atoms with Crippen molar-refractivity contribution in [1.82, 2.24) is 35.7 Å². The second kappa shape index (κ2) is 14.1. The van der Waals surface area contributed by atoms with E-state index in [0.29, 0.717) is 45.1 Å². The van der Waals surface area contributed by atoms with Gasteiger partial charge in [-0.15, -0.1) is 0 Å². The van der Waals surface area contributed by atoms with Crippen LogP contribution in [0.1, 0.15) is 67.7 Å². The third-order valence-corrected chi connectivity index (χ3v) is 10.9. The highest BCUT2D eigenvalue weighted by Gasteiger charge is 2.70. The van der Waals surface area contributed by atoms with E-state index in [9.17, 15) is 28.8 Å². The van der Waals surface area contributed by atoms with Gasteiger partial charge in [-0.3, -0.25) is 24.0 Å². The molecule has 0 aromatic carbocycles. The number of nitrogens with zero attached hydrogens (tertiary/aromatic N) is 5. The van der Waals surface area contributed by atoms with E-state index < -0.39 is 59.1 Å². The number of Topliss-reactive ketones (excluding diaryl/α,β-unsaturated/α-hetero) is 1. The fourth-order valence-electron chi connectivity index (χ4n) is 7.58. The Morgan fingerprint density at radius 1 is 0.940 bits per heavy atom. The minimum absolute atomic E-state index is 0.0576. The predicted octanol–water partition coefficient (Wildman–Crippen LogP) is 0.686. The van der Waals surface area contributed by atoms with Gasteiger partial charge in [0, 0.05) is 45.1 Å². The molecule has 274 valence electrons. The second-order valence-corrected chi connectivity index (χ2v) is 16.4. The summed E-state index contributed by atoms with van der Waals surface area (Å²) in [5.41, 5.74) is 4.35. The molecule has 1 unspecified atom stereocenters. The van der Waals surface area contributed by atoms with E-state index in [-0.39, 0.29) is 35.0 Å². The van der Waals surface area contributed by atoms with Crippen molar-refractivity contribution < 1.29 is 28.8 Å². The van der Waals surface area contributed by atoms with Crippen LogP contribution in [0.3, 0.4) is 0 Å². The molecule has 4 fully saturated rings. The average Bonchev–Trinajstić information content (AvgIpc) is 3.92. The molecule has 1 aromatic heterocycles. The van der Waals surface area contributed by atoms with Gasteiger partial charge >= 0.3 is 6.03 Å². The van der Waals surface area contributed by atoms with Gasteiger partial charge in [0.15, 0.2) is 0 Å². The number of nitrogens with one attached hydrogen (secondary N) is 3. The van der Waals surface area contributed by atoms with Crippen molar-refractivity contribution >= 4 is 41.4 Å². The number of piperidine rings is 1. The average molecular weight is 696 g/mol. The molecular formula is C35H53N9O6. The normalized spacial score (nSPS) is 24.5. The van der Waals surface area contributed by atoms with E-state index in [1.54, 1.807) is 23.4 Å². The number of primary amides is 1. The number of hydrogen-bond acceptors (Lipinski definition) is 9. The maximum atomic E-state index is 14.4. The largest absolute Gasteiger partial charge is 0.363 e. The van der Waals surface area contributed by atoms with Crippen molar-refractivity contribution in [3.05, 3.63) is 18.5 Å². The zero-order valence-electron chi connectivity index (χ0n) is 30.3. The summed E-state index contributed by atoms with van der Waals surface area (Å²) in [4.78, 5) is 93.8. The van der Waals surface area contributed by atoms with Gasteiger partial charge in [0.1, 0.15) is 18.1 Å². The molecule has 4 aliphatic rings. The summed E-state index contributed by atoms with van der Waals surface area (Å²) in [5, 5.41) is 8.44. The monoisotopic (exact) mass is 695 g/mol. The number of piperazine rings is 1. The summed E-state index contributed by atoms with van der Waals surface area (Å²) in [6.07, 6.45) is 5.50.